The molecule has 0 aliphatic carbocycles. The summed E-state index contributed by atoms with van der Waals surface area (Å²) >= 11 is 0. The summed E-state index contributed by atoms with van der Waals surface area (Å²) in [5.41, 5.74) is 7.22. The van der Waals surface area contributed by atoms with E-state index in [0.717, 1.165) is 32.5 Å². The average Bonchev–Trinajstić information content (AvgIpc) is 2.18. The summed E-state index contributed by atoms with van der Waals surface area (Å²) in [6, 6.07) is 0.230. The van der Waals surface area contributed by atoms with E-state index < -0.39 is 0 Å². The number of hydrogen-bond acceptors (Lipinski definition) is 3. The molecule has 1 unspecified atom stereocenters. The lowest BCUT2D eigenvalue weighted by Crippen LogP contribution is -2.39. The summed E-state index contributed by atoms with van der Waals surface area (Å²) < 4.78 is 0. The molecule has 1 aliphatic rings. The van der Waals surface area contributed by atoms with Crippen LogP contribution in [0.25, 0.3) is 0 Å². The van der Waals surface area contributed by atoms with Crippen LogP contribution in [-0.4, -0.2) is 41.7 Å². The Morgan fingerprint density at radius 3 is 3.15 bits per heavy atom. The predicted molar refractivity (Wildman–Crippen MR) is 51.7 cm³/mol. The zero-order valence-corrected chi connectivity index (χ0v) is 8.03. The normalized spacial score (nSPS) is 26.0. The average molecular weight is 186 g/mol. The van der Waals surface area contributed by atoms with E-state index in [1.165, 1.54) is 0 Å². The third-order valence-corrected chi connectivity index (χ3v) is 2.36. The monoisotopic (exact) mass is 186 g/mol. The number of hydrogen-bond donors (Lipinski definition) is 3. The van der Waals surface area contributed by atoms with Crippen LogP contribution in [0.1, 0.15) is 19.8 Å². The van der Waals surface area contributed by atoms with Gasteiger partial charge in [0.25, 0.3) is 0 Å². The standard InChI is InChI=1S/C8H18N4O/c1-2-12-5-3-4-7(6-12)10-8(9)11-13/h7,13H,2-6H2,1H3,(H3,9,10,11). The summed E-state index contributed by atoms with van der Waals surface area (Å²) in [5, 5.41) is 8.47. The Morgan fingerprint density at radius 2 is 2.54 bits per heavy atom. The van der Waals surface area contributed by atoms with E-state index in [1.54, 1.807) is 0 Å². The largest absolute Gasteiger partial charge is 0.368 e. The van der Waals surface area contributed by atoms with Crippen molar-refractivity contribution < 1.29 is 5.21 Å². The molecule has 1 saturated heterocycles. The van der Waals surface area contributed by atoms with Gasteiger partial charge in [-0.05, 0) is 25.9 Å². The molecule has 4 N–H and O–H groups in total. The molecule has 1 atom stereocenters. The smallest absolute Gasteiger partial charge is 0.213 e. The number of aliphatic imine (C=N–C) groups is 1. The molecule has 0 spiro atoms. The van der Waals surface area contributed by atoms with Crippen molar-refractivity contribution in [1.29, 1.82) is 0 Å². The zero-order chi connectivity index (χ0) is 9.68. The molecule has 1 fully saturated rings. The van der Waals surface area contributed by atoms with Gasteiger partial charge in [0, 0.05) is 6.54 Å². The van der Waals surface area contributed by atoms with Crippen molar-refractivity contribution in [2.24, 2.45) is 10.7 Å². The van der Waals surface area contributed by atoms with Gasteiger partial charge in [-0.1, -0.05) is 6.92 Å². The Kier molecular flexibility index (Phi) is 3.98. The molecule has 1 rings (SSSR count). The van der Waals surface area contributed by atoms with E-state index in [4.69, 9.17) is 10.9 Å². The SMILES string of the molecule is CCN1CCCC(N=C(N)NO)C1. The van der Waals surface area contributed by atoms with Gasteiger partial charge in [-0.25, -0.2) is 10.5 Å². The fourth-order valence-corrected chi connectivity index (χ4v) is 1.65. The summed E-state index contributed by atoms with van der Waals surface area (Å²) in [7, 11) is 0. The first-order valence-corrected chi connectivity index (χ1v) is 4.72. The molecule has 1 aliphatic heterocycles. The Morgan fingerprint density at radius 1 is 1.77 bits per heavy atom. The number of nitrogens with one attached hydrogen (secondary N) is 1. The minimum atomic E-state index is 0.114. The highest BCUT2D eigenvalue weighted by molar-refractivity contribution is 5.76. The quantitative estimate of drug-likeness (QED) is 0.316. The van der Waals surface area contributed by atoms with Crippen molar-refractivity contribution in [3.05, 3.63) is 0 Å². The number of guanidine groups is 1. The van der Waals surface area contributed by atoms with E-state index in [-0.39, 0.29) is 12.0 Å². The second-order valence-corrected chi connectivity index (χ2v) is 3.32. The van der Waals surface area contributed by atoms with E-state index >= 15 is 0 Å². The predicted octanol–water partition coefficient (Wildman–Crippen LogP) is -0.236. The first-order valence-electron chi connectivity index (χ1n) is 4.72. The van der Waals surface area contributed by atoms with Crippen LogP contribution in [0, 0.1) is 0 Å². The lowest BCUT2D eigenvalue weighted by Gasteiger charge is -2.29. The van der Waals surface area contributed by atoms with Gasteiger partial charge in [-0.2, -0.15) is 0 Å². The van der Waals surface area contributed by atoms with Gasteiger partial charge in [-0.15, -0.1) is 0 Å². The van der Waals surface area contributed by atoms with Crippen molar-refractivity contribution in [1.82, 2.24) is 10.4 Å². The maximum absolute atomic E-state index is 8.47. The van der Waals surface area contributed by atoms with Gasteiger partial charge in [0.15, 0.2) is 0 Å². The molecule has 76 valence electrons. The summed E-state index contributed by atoms with van der Waals surface area (Å²) in [4.78, 5) is 6.48. The summed E-state index contributed by atoms with van der Waals surface area (Å²) in [5.74, 6) is 0.114. The molecule has 5 heteroatoms. The van der Waals surface area contributed by atoms with Gasteiger partial charge in [-0.3, -0.25) is 5.21 Å². The van der Waals surface area contributed by atoms with E-state index in [2.05, 4.69) is 16.8 Å². The van der Waals surface area contributed by atoms with E-state index in [1.807, 2.05) is 5.48 Å². The molecule has 0 aromatic heterocycles. The second kappa shape index (κ2) is 5.04. The minimum Gasteiger partial charge on any atom is -0.368 e. The third kappa shape index (κ3) is 3.20. The molecule has 13 heavy (non-hydrogen) atoms. The van der Waals surface area contributed by atoms with Crippen LogP contribution < -0.4 is 11.2 Å². The molecule has 5 nitrogen and oxygen atoms in total. The van der Waals surface area contributed by atoms with Gasteiger partial charge in [0.05, 0.1) is 6.04 Å². The Labute approximate surface area is 78.6 Å². The number of nitrogens with two attached hydrogens (primary N) is 1. The highest BCUT2D eigenvalue weighted by Gasteiger charge is 2.17. The van der Waals surface area contributed by atoms with Crippen LogP contribution in [-0.2, 0) is 0 Å². The van der Waals surface area contributed by atoms with Crippen LogP contribution in [0.5, 0.6) is 0 Å². The van der Waals surface area contributed by atoms with Gasteiger partial charge >= 0.3 is 0 Å². The van der Waals surface area contributed by atoms with Crippen molar-refractivity contribution in [2.45, 2.75) is 25.8 Å². The number of nitrogens with zero attached hydrogens (tertiary/aromatic N) is 2. The number of rotatable bonds is 2. The van der Waals surface area contributed by atoms with Crippen LogP contribution in [0.2, 0.25) is 0 Å². The first kappa shape index (κ1) is 10.3. The van der Waals surface area contributed by atoms with Crippen LogP contribution in [0.4, 0.5) is 0 Å². The minimum absolute atomic E-state index is 0.114. The highest BCUT2D eigenvalue weighted by atomic mass is 16.5. The Hall–Kier alpha value is -0.810. The molecule has 0 aromatic carbocycles. The Balaban J connectivity index is 2.42. The number of hydroxylamine groups is 1. The molecular formula is C8H18N4O. The number of piperidine rings is 1. The molecule has 0 radical (unpaired) electrons. The highest BCUT2D eigenvalue weighted by Crippen LogP contribution is 2.12. The van der Waals surface area contributed by atoms with Crippen molar-refractivity contribution >= 4 is 5.96 Å². The zero-order valence-electron chi connectivity index (χ0n) is 8.03. The molecule has 1 heterocycles. The van der Waals surface area contributed by atoms with Gasteiger partial charge in [0.2, 0.25) is 5.96 Å². The fourth-order valence-electron chi connectivity index (χ4n) is 1.65. The number of likely N-dealkylation sites (N-methyl/N-ethyl adjacent to an activating group) is 1. The lowest BCUT2D eigenvalue weighted by molar-refractivity contribution is 0.213. The van der Waals surface area contributed by atoms with E-state index in [9.17, 15) is 0 Å². The van der Waals surface area contributed by atoms with Crippen LogP contribution >= 0.6 is 0 Å². The number of likely N-dealkylation sites (tertiary alicyclic amines) is 1. The van der Waals surface area contributed by atoms with Crippen LogP contribution in [0.3, 0.4) is 0 Å². The maximum Gasteiger partial charge on any atom is 0.213 e. The molecule has 0 aromatic rings. The first-order chi connectivity index (χ1) is 6.26. The topological polar surface area (TPSA) is 73.9 Å². The molecule has 0 amide bonds. The van der Waals surface area contributed by atoms with Gasteiger partial charge < -0.3 is 10.6 Å². The summed E-state index contributed by atoms with van der Waals surface area (Å²) in [6.45, 7) is 5.28. The van der Waals surface area contributed by atoms with Crippen molar-refractivity contribution in [2.75, 3.05) is 19.6 Å². The van der Waals surface area contributed by atoms with Crippen LogP contribution in [0.15, 0.2) is 4.99 Å². The summed E-state index contributed by atoms with van der Waals surface area (Å²) in [6.07, 6.45) is 2.21. The second-order valence-electron chi connectivity index (χ2n) is 3.32. The molecular weight excluding hydrogens is 168 g/mol. The molecule has 0 bridgehead atoms. The van der Waals surface area contributed by atoms with Crippen molar-refractivity contribution in [3.8, 4) is 0 Å². The lowest BCUT2D eigenvalue weighted by atomic mass is 10.1. The molecule has 0 saturated carbocycles. The van der Waals surface area contributed by atoms with Crippen molar-refractivity contribution in [3.63, 3.8) is 0 Å². The third-order valence-electron chi connectivity index (χ3n) is 2.36. The van der Waals surface area contributed by atoms with E-state index in [0.29, 0.717) is 0 Å². The Bertz CT molecular complexity index is 183. The maximum atomic E-state index is 8.47. The van der Waals surface area contributed by atoms with Gasteiger partial charge in [0.1, 0.15) is 0 Å². The fraction of sp³-hybridized carbons (Fsp3) is 0.875.